The lowest BCUT2D eigenvalue weighted by Gasteiger charge is -2.37. The third kappa shape index (κ3) is 106. The van der Waals surface area contributed by atoms with Crippen molar-refractivity contribution in [2.24, 2.45) is 0 Å². The first kappa shape index (κ1) is 131. The van der Waals surface area contributed by atoms with Gasteiger partial charge in [-0.3, -0.25) is 28.8 Å². The summed E-state index contributed by atoms with van der Waals surface area (Å²) in [6.45, 7) is 25.1. The van der Waals surface area contributed by atoms with Crippen LogP contribution in [0.5, 0.6) is 0 Å². The minimum absolute atomic E-state index is 0.00213. The summed E-state index contributed by atoms with van der Waals surface area (Å²) in [6, 6.07) is 0. The molecule has 0 fully saturated rings. The van der Waals surface area contributed by atoms with Crippen LogP contribution >= 0.6 is 0 Å². The van der Waals surface area contributed by atoms with Crippen LogP contribution in [0.2, 0.25) is 0 Å². The molecule has 0 radical (unpaired) electrons. The number of ether oxygens (including phenoxy) is 40. The number of nitrogens with one attached hydrogen (secondary N) is 1. The molecule has 0 unspecified atom stereocenters. The summed E-state index contributed by atoms with van der Waals surface area (Å²) < 4.78 is 226. The second-order valence-corrected chi connectivity index (χ2v) is 27.4. The highest BCUT2D eigenvalue weighted by Gasteiger charge is 2.42. The Bertz CT molecular complexity index is 2560. The normalized spacial score (nSPS) is 12.4. The fraction of sp³-hybridized carbons (Fsp3) is 0.910. The molecule has 0 spiro atoms. The van der Waals surface area contributed by atoms with Crippen LogP contribution in [0.4, 0.5) is 0 Å². The van der Waals surface area contributed by atoms with Gasteiger partial charge in [0.15, 0.2) is 6.10 Å². The zero-order valence-corrected chi connectivity index (χ0v) is 81.6. The quantitative estimate of drug-likeness (QED) is 0.0350. The van der Waals surface area contributed by atoms with Crippen LogP contribution in [0.25, 0.3) is 0 Å². The molecule has 4 atom stereocenters. The number of rotatable bonds is 116. The molecule has 0 aliphatic carbocycles. The molecule has 0 saturated heterocycles. The molecule has 0 aliphatic rings. The van der Waals surface area contributed by atoms with Gasteiger partial charge in [0, 0.05) is 34.6 Å². The third-order valence-electron chi connectivity index (χ3n) is 16.4. The van der Waals surface area contributed by atoms with E-state index in [2.05, 4.69) is 11.2 Å². The van der Waals surface area contributed by atoms with Crippen LogP contribution in [-0.2, 0) is 218 Å². The first-order valence-corrected chi connectivity index (χ1v) is 46.6. The van der Waals surface area contributed by atoms with Gasteiger partial charge in [0.25, 0.3) is 5.91 Å². The Hall–Kier alpha value is -5.02. The molecule has 47 heteroatoms. The Morgan fingerprint density at radius 3 is 0.493 bits per heavy atom. The number of hydrogen-bond donors (Lipinski definition) is 1. The summed E-state index contributed by atoms with van der Waals surface area (Å²) in [5.74, 6) is 0.0291. The first-order valence-electron chi connectivity index (χ1n) is 46.6. The molecular formula is C89H165NO46. The number of carbonyl (C=O) groups is 6. The van der Waals surface area contributed by atoms with Crippen molar-refractivity contribution in [2.45, 2.75) is 59.0 Å². The molecule has 136 heavy (non-hydrogen) atoms. The van der Waals surface area contributed by atoms with E-state index >= 15 is 0 Å². The minimum Gasteiger partial charge on any atom is -0.463 e. The number of terminal acetylenes is 1. The zero-order chi connectivity index (χ0) is 98.4. The van der Waals surface area contributed by atoms with Crippen LogP contribution in [0, 0.1) is 12.3 Å². The number of esters is 5. The maximum atomic E-state index is 14.7. The molecule has 47 nitrogen and oxygen atoms in total. The lowest BCUT2D eigenvalue weighted by Crippen LogP contribution is -2.56. The van der Waals surface area contributed by atoms with Crippen molar-refractivity contribution >= 4 is 35.8 Å². The van der Waals surface area contributed by atoms with Gasteiger partial charge in [0.2, 0.25) is 0 Å². The first-order chi connectivity index (χ1) is 66.9. The van der Waals surface area contributed by atoms with E-state index in [4.69, 9.17) is 196 Å². The predicted octanol–water partition coefficient (Wildman–Crippen LogP) is -0.393. The lowest BCUT2D eigenvalue weighted by atomic mass is 10.0. The Labute approximate surface area is 803 Å². The van der Waals surface area contributed by atoms with Gasteiger partial charge in [-0.05, 0) is 0 Å². The van der Waals surface area contributed by atoms with Crippen LogP contribution in [-0.4, -0.2) is 536 Å². The maximum Gasteiger partial charge on any atom is 0.302 e. The monoisotopic (exact) mass is 1980 g/mol. The van der Waals surface area contributed by atoms with E-state index in [1.165, 1.54) is 34.6 Å². The van der Waals surface area contributed by atoms with Gasteiger partial charge in [0.05, 0.1) is 443 Å². The highest BCUT2D eigenvalue weighted by Crippen LogP contribution is 2.21. The van der Waals surface area contributed by atoms with Gasteiger partial charge in [0.1, 0.15) is 51.3 Å². The van der Waals surface area contributed by atoms with Gasteiger partial charge < -0.3 is 195 Å². The number of carbonyl (C=O) groups excluding carboxylic acids is 6. The zero-order valence-electron chi connectivity index (χ0n) is 81.6. The second-order valence-electron chi connectivity index (χ2n) is 27.4. The van der Waals surface area contributed by atoms with Crippen molar-refractivity contribution in [1.29, 1.82) is 0 Å². The molecule has 0 aromatic rings. The molecule has 0 saturated carbocycles. The van der Waals surface area contributed by atoms with Crippen LogP contribution in [0.1, 0.15) is 34.6 Å². The second kappa shape index (κ2) is 112. The van der Waals surface area contributed by atoms with E-state index in [0.29, 0.717) is 264 Å². The highest BCUT2D eigenvalue weighted by molar-refractivity contribution is 5.81. The Morgan fingerprint density at radius 1 is 0.184 bits per heavy atom. The molecule has 0 rings (SSSR count). The molecule has 1 N–H and O–H groups in total. The smallest absolute Gasteiger partial charge is 0.302 e. The van der Waals surface area contributed by atoms with E-state index in [0.717, 1.165) is 0 Å². The standard InChI is InChI=1S/C89H165NO46/c1-7-8-90-89(96)88(136-78-69-126-58-49-116-38-29-106-18-14-102-25-34-112-45-54-122-65-74-132-84(6)95)87(135-77-68-125-57-48-115-37-28-105-17-13-101-24-33-111-44-53-121-64-73-131-83(5)94)86(134-76-67-124-56-47-114-36-27-104-16-12-100-23-32-110-43-52-120-63-72-130-82(4)93)85(133-75-66-123-55-46-113-35-26-103-15-11-99-22-31-109-42-51-119-62-71-129-81(3)92)79-127-60-59-117-40-39-107-20-19-97-9-10-98-21-30-108-41-50-118-61-70-128-80(2)91/h1,85-88H,8-79H2,2-6H3,(H,90,96)/t85-,86-,87+,88-/m1/s1. The minimum atomic E-state index is -1.44. The molecule has 802 valence electrons. The largest absolute Gasteiger partial charge is 0.463 e. The molecule has 0 aromatic heterocycles. The van der Waals surface area contributed by atoms with Crippen LogP contribution < -0.4 is 5.32 Å². The average Bonchev–Trinajstić information content (AvgIpc) is 0.828. The summed E-state index contributed by atoms with van der Waals surface area (Å²) in [5, 5.41) is 2.77. The summed E-state index contributed by atoms with van der Waals surface area (Å²) >= 11 is 0. The van der Waals surface area contributed by atoms with Crippen molar-refractivity contribution in [3.63, 3.8) is 0 Å². The van der Waals surface area contributed by atoms with Gasteiger partial charge in [-0.1, -0.05) is 5.92 Å². The van der Waals surface area contributed by atoms with E-state index in [1.54, 1.807) is 0 Å². The fourth-order valence-electron chi connectivity index (χ4n) is 10.1. The lowest BCUT2D eigenvalue weighted by molar-refractivity contribution is -0.200. The topological polar surface area (TPSA) is 484 Å². The summed E-state index contributed by atoms with van der Waals surface area (Å²) in [6.07, 6.45) is 0.848. The maximum absolute atomic E-state index is 14.7. The SMILES string of the molecule is C#CCNC(=O)[C@H](OCCOCCOCCOCCOCCOCCOCCOC(C)=O)[C@@H](OCCOCCOCCOCCOCCOCCOCCOC(C)=O)[C@H](OCCOCCOCCOCCOCCOCCOCCOC(C)=O)[C@@H](COCCOCCOCCOCCOCCOCCOCCOC(C)=O)OCCOCCOCCOCCOCCOCCOCCOC(C)=O. The Morgan fingerprint density at radius 2 is 0.324 bits per heavy atom. The van der Waals surface area contributed by atoms with E-state index in [9.17, 15) is 28.8 Å². The number of hydrogen-bond acceptors (Lipinski definition) is 46. The van der Waals surface area contributed by atoms with Crippen molar-refractivity contribution < 1.29 is 218 Å². The molecule has 0 heterocycles. The number of amides is 1. The molecular weight excluding hydrogens is 1820 g/mol. The fourth-order valence-corrected chi connectivity index (χ4v) is 10.1. The highest BCUT2D eigenvalue weighted by atomic mass is 16.7. The van der Waals surface area contributed by atoms with Gasteiger partial charge in [-0.2, -0.15) is 0 Å². The predicted molar refractivity (Wildman–Crippen MR) is 479 cm³/mol. The van der Waals surface area contributed by atoms with Gasteiger partial charge in [-0.15, -0.1) is 6.42 Å². The van der Waals surface area contributed by atoms with Gasteiger partial charge >= 0.3 is 29.8 Å². The van der Waals surface area contributed by atoms with E-state index in [1.807, 2.05) is 0 Å². The molecule has 0 bridgehead atoms. The van der Waals surface area contributed by atoms with Crippen LogP contribution in [0.15, 0.2) is 0 Å². The van der Waals surface area contributed by atoms with Gasteiger partial charge in [-0.25, -0.2) is 0 Å². The molecule has 0 aromatic carbocycles. The molecule has 0 aliphatic heterocycles. The molecule has 1 amide bonds. The Balaban J connectivity index is 6.46. The third-order valence-corrected chi connectivity index (χ3v) is 16.4. The Kier molecular flexibility index (Phi) is 108. The van der Waals surface area contributed by atoms with Crippen molar-refractivity contribution in [2.75, 3.05) is 476 Å². The van der Waals surface area contributed by atoms with Crippen LogP contribution in [0.3, 0.4) is 0 Å². The summed E-state index contributed by atoms with van der Waals surface area (Å²) in [5.41, 5.74) is 0. The van der Waals surface area contributed by atoms with Crippen molar-refractivity contribution in [1.82, 2.24) is 5.32 Å². The summed E-state index contributed by atoms with van der Waals surface area (Å²) in [7, 11) is 0. The van der Waals surface area contributed by atoms with Crippen molar-refractivity contribution in [3.8, 4) is 12.3 Å². The average molecular weight is 1990 g/mol. The summed E-state index contributed by atoms with van der Waals surface area (Å²) in [4.78, 5) is 69.1. The van der Waals surface area contributed by atoms with Crippen molar-refractivity contribution in [3.05, 3.63) is 0 Å². The van der Waals surface area contributed by atoms with E-state index < -0.39 is 30.3 Å². The van der Waals surface area contributed by atoms with E-state index in [-0.39, 0.29) is 241 Å².